The first-order valence-electron chi connectivity index (χ1n) is 14.6. The third kappa shape index (κ3) is 4.03. The van der Waals surface area contributed by atoms with Crippen molar-refractivity contribution in [3.05, 3.63) is 35.4 Å². The fraction of sp³-hybridized carbons (Fsp3) is 0.774. The summed E-state index contributed by atoms with van der Waals surface area (Å²) in [5, 5.41) is 15.9. The quantitative estimate of drug-likeness (QED) is 0.387. The zero-order valence-corrected chi connectivity index (χ0v) is 22.1. The van der Waals surface area contributed by atoms with Crippen LogP contribution in [0, 0.1) is 29.1 Å². The van der Waals surface area contributed by atoms with E-state index < -0.39 is 5.72 Å². The molecule has 35 heavy (non-hydrogen) atoms. The zero-order valence-electron chi connectivity index (χ0n) is 22.1. The average molecular weight is 479 g/mol. The van der Waals surface area contributed by atoms with Crippen molar-refractivity contribution in [2.75, 3.05) is 6.54 Å². The number of nitrogens with one attached hydrogen (secondary N) is 1. The van der Waals surface area contributed by atoms with Crippen LogP contribution in [0.2, 0.25) is 0 Å². The number of piperidine rings is 2. The van der Waals surface area contributed by atoms with Crippen molar-refractivity contribution in [2.24, 2.45) is 29.1 Å². The lowest BCUT2D eigenvalue weighted by Gasteiger charge is -2.44. The highest BCUT2D eigenvalue weighted by atomic mass is 16.3. The number of aliphatic hydroxyl groups is 1. The second-order valence-electron chi connectivity index (χ2n) is 13.5. The molecule has 0 amide bonds. The van der Waals surface area contributed by atoms with Crippen molar-refractivity contribution in [3.63, 3.8) is 0 Å². The predicted molar refractivity (Wildman–Crippen MR) is 140 cm³/mol. The lowest BCUT2D eigenvalue weighted by molar-refractivity contribution is 0.0227. The fourth-order valence-corrected chi connectivity index (χ4v) is 9.28. The number of fused-ring (bicyclic) bond motifs is 3. The Balaban J connectivity index is 1.17. The molecule has 192 valence electrons. The van der Waals surface area contributed by atoms with Crippen LogP contribution in [0.1, 0.15) is 107 Å². The number of carbonyl (C=O) groups excluding carboxylic acids is 1. The fourth-order valence-electron chi connectivity index (χ4n) is 9.28. The van der Waals surface area contributed by atoms with Gasteiger partial charge < -0.3 is 10.4 Å². The molecule has 4 heteroatoms. The van der Waals surface area contributed by atoms with Crippen LogP contribution in [-0.4, -0.2) is 46.7 Å². The molecule has 9 atom stereocenters. The van der Waals surface area contributed by atoms with E-state index in [1.165, 1.54) is 63.4 Å². The first-order valence-corrected chi connectivity index (χ1v) is 14.6. The van der Waals surface area contributed by atoms with Crippen LogP contribution in [0.5, 0.6) is 0 Å². The molecule has 3 aliphatic heterocycles. The van der Waals surface area contributed by atoms with Gasteiger partial charge in [0.05, 0.1) is 0 Å². The maximum Gasteiger partial charge on any atom is 0.150 e. The van der Waals surface area contributed by atoms with Gasteiger partial charge in [-0.2, -0.15) is 0 Å². The lowest BCUT2D eigenvalue weighted by Crippen LogP contribution is -2.56. The normalized spacial score (nSPS) is 42.3. The predicted octanol–water partition coefficient (Wildman–Crippen LogP) is 5.75. The summed E-state index contributed by atoms with van der Waals surface area (Å²) in [6.45, 7) is 7.88. The minimum absolute atomic E-state index is 0.332. The van der Waals surface area contributed by atoms with E-state index in [4.69, 9.17) is 0 Å². The van der Waals surface area contributed by atoms with Crippen molar-refractivity contribution in [3.8, 4) is 0 Å². The van der Waals surface area contributed by atoms with E-state index in [2.05, 4.69) is 43.1 Å². The number of hydrogen-bond acceptors (Lipinski definition) is 4. The molecular formula is C31H46N2O2. The Hall–Kier alpha value is -1.23. The molecule has 3 heterocycles. The van der Waals surface area contributed by atoms with Crippen LogP contribution in [0.4, 0.5) is 0 Å². The van der Waals surface area contributed by atoms with Crippen molar-refractivity contribution in [1.29, 1.82) is 0 Å². The van der Waals surface area contributed by atoms with Gasteiger partial charge in [-0.05, 0) is 79.6 Å². The number of nitrogens with zero attached hydrogens (tertiary/aromatic N) is 1. The molecule has 1 aromatic carbocycles. The molecule has 4 nitrogen and oxygen atoms in total. The van der Waals surface area contributed by atoms with Crippen molar-refractivity contribution < 1.29 is 9.90 Å². The Labute approximate surface area is 212 Å². The second-order valence-corrected chi connectivity index (χ2v) is 13.5. The minimum Gasteiger partial charge on any atom is -0.374 e. The number of rotatable bonds is 7. The van der Waals surface area contributed by atoms with Gasteiger partial charge >= 0.3 is 0 Å². The van der Waals surface area contributed by atoms with E-state index in [1.54, 1.807) is 0 Å². The van der Waals surface area contributed by atoms with Crippen LogP contribution in [0.25, 0.3) is 0 Å². The van der Waals surface area contributed by atoms with Gasteiger partial charge in [-0.15, -0.1) is 0 Å². The highest BCUT2D eigenvalue weighted by Crippen LogP contribution is 2.61. The lowest BCUT2D eigenvalue weighted by atomic mass is 9.72. The third-order valence-corrected chi connectivity index (χ3v) is 11.2. The second kappa shape index (κ2) is 8.96. The molecule has 0 radical (unpaired) electrons. The van der Waals surface area contributed by atoms with E-state index in [0.717, 1.165) is 42.6 Å². The highest BCUT2D eigenvalue weighted by molar-refractivity contribution is 5.74. The van der Waals surface area contributed by atoms with Gasteiger partial charge in [-0.1, -0.05) is 64.3 Å². The molecule has 6 rings (SSSR count). The molecule has 3 saturated heterocycles. The maximum atomic E-state index is 11.7. The number of hydrogen-bond donors (Lipinski definition) is 2. The van der Waals surface area contributed by atoms with Gasteiger partial charge in [0.1, 0.15) is 12.0 Å². The summed E-state index contributed by atoms with van der Waals surface area (Å²) in [7, 11) is 0. The van der Waals surface area contributed by atoms with E-state index >= 15 is 0 Å². The van der Waals surface area contributed by atoms with Crippen molar-refractivity contribution in [2.45, 2.75) is 115 Å². The first-order chi connectivity index (χ1) is 16.8. The summed E-state index contributed by atoms with van der Waals surface area (Å²) in [6.07, 6.45) is 14.5. The molecular weight excluding hydrogens is 432 g/mol. The topological polar surface area (TPSA) is 52.3 Å². The Morgan fingerprint density at radius 3 is 2.57 bits per heavy atom. The number of carbonyl (C=O) groups is 1. The summed E-state index contributed by atoms with van der Waals surface area (Å²) < 4.78 is 0. The van der Waals surface area contributed by atoms with Gasteiger partial charge in [0.25, 0.3) is 0 Å². The van der Waals surface area contributed by atoms with Gasteiger partial charge in [-0.25, -0.2) is 0 Å². The molecule has 2 saturated carbocycles. The monoisotopic (exact) mass is 478 g/mol. The summed E-state index contributed by atoms with van der Waals surface area (Å²) in [6, 6.07) is 9.57. The van der Waals surface area contributed by atoms with E-state index in [9.17, 15) is 9.90 Å². The molecule has 0 aromatic heterocycles. The third-order valence-electron chi connectivity index (χ3n) is 11.2. The number of benzene rings is 1. The van der Waals surface area contributed by atoms with Crippen LogP contribution < -0.4 is 5.32 Å². The molecule has 1 aromatic rings. The maximum absolute atomic E-state index is 11.7. The first kappa shape index (κ1) is 24.1. The average Bonchev–Trinajstić information content (AvgIpc) is 3.18. The summed E-state index contributed by atoms with van der Waals surface area (Å²) in [5.41, 5.74) is 1.94. The molecule has 2 N–H and O–H groups in total. The van der Waals surface area contributed by atoms with Gasteiger partial charge in [0.2, 0.25) is 0 Å². The highest BCUT2D eigenvalue weighted by Gasteiger charge is 2.68. The molecule has 5 aliphatic rings. The largest absolute Gasteiger partial charge is 0.374 e. The Morgan fingerprint density at radius 1 is 1.14 bits per heavy atom. The molecule has 9 unspecified atom stereocenters. The summed E-state index contributed by atoms with van der Waals surface area (Å²) in [5.74, 6) is 3.25. The molecule has 2 aliphatic carbocycles. The van der Waals surface area contributed by atoms with Crippen molar-refractivity contribution in [1.82, 2.24) is 10.2 Å². The van der Waals surface area contributed by atoms with E-state index in [0.29, 0.717) is 35.4 Å². The van der Waals surface area contributed by atoms with Crippen LogP contribution in [-0.2, 0) is 0 Å². The zero-order chi connectivity index (χ0) is 24.4. The minimum atomic E-state index is -0.606. The van der Waals surface area contributed by atoms with Gasteiger partial charge in [0.15, 0.2) is 0 Å². The Kier molecular flexibility index (Phi) is 6.17. The Morgan fingerprint density at radius 2 is 1.89 bits per heavy atom. The Bertz CT molecular complexity index is 922. The molecule has 1 spiro atoms. The SMILES string of the molecule is CC(C)CCC1CC2(CCCC2)C2NC(C3CC(C(C)c4ccc(C=O)cc4)N4CC34O)CCC12. The number of aldehydes is 1. The van der Waals surface area contributed by atoms with Crippen LogP contribution in [0.3, 0.4) is 0 Å². The summed E-state index contributed by atoms with van der Waals surface area (Å²) in [4.78, 5) is 13.4. The van der Waals surface area contributed by atoms with Crippen molar-refractivity contribution >= 4 is 6.29 Å². The standard InChI is InChI=1S/C31H46N2O2/c1-20(2)6-9-24-17-30(14-4-5-15-30)29-25(24)12-13-27(32-29)26-16-28(33-19-31(26,33)35)21(3)23-10-7-22(18-34)8-11-23/h7-8,10-11,18,20-21,24-29,32,35H,4-6,9,12-17,19H2,1-3H3. The van der Waals surface area contributed by atoms with Gasteiger partial charge in [-0.3, -0.25) is 9.69 Å². The van der Waals surface area contributed by atoms with Gasteiger partial charge in [0, 0.05) is 36.2 Å². The van der Waals surface area contributed by atoms with E-state index in [-0.39, 0.29) is 0 Å². The smallest absolute Gasteiger partial charge is 0.150 e. The summed E-state index contributed by atoms with van der Waals surface area (Å²) >= 11 is 0. The molecule has 0 bridgehead atoms. The van der Waals surface area contributed by atoms with Crippen LogP contribution >= 0.6 is 0 Å². The van der Waals surface area contributed by atoms with E-state index in [1.807, 2.05) is 12.1 Å². The van der Waals surface area contributed by atoms with Crippen LogP contribution in [0.15, 0.2) is 24.3 Å². The molecule has 5 fully saturated rings.